The summed E-state index contributed by atoms with van der Waals surface area (Å²) in [4.78, 5) is 22.9. The van der Waals surface area contributed by atoms with E-state index in [1.54, 1.807) is 0 Å². The smallest absolute Gasteiger partial charge is 0.269 e. The Kier molecular flexibility index (Phi) is 2.10. The Labute approximate surface area is 109 Å². The van der Waals surface area contributed by atoms with Gasteiger partial charge in [-0.3, -0.25) is 9.59 Å². The highest BCUT2D eigenvalue weighted by Crippen LogP contribution is 2.62. The standard InChI is InChI=1S/C14H16O3S/c15-10-11(16)13(12(10)17)18-14-4-7-1-8(5-14)3-9(2-7)6-14/h7-9,16H,1-6H2. The normalized spacial score (nSPS) is 41.7. The molecule has 3 nitrogen and oxygen atoms in total. The molecule has 4 aliphatic rings. The molecule has 1 aromatic carbocycles. The molecule has 0 aromatic heterocycles. The minimum Gasteiger partial charge on any atom is -0.503 e. The van der Waals surface area contributed by atoms with Crippen LogP contribution < -0.4 is 10.9 Å². The fourth-order valence-corrected chi connectivity index (χ4v) is 6.59. The summed E-state index contributed by atoms with van der Waals surface area (Å²) in [5.74, 6) is 2.17. The lowest BCUT2D eigenvalue weighted by Gasteiger charge is -2.56. The fraction of sp³-hybridized carbons (Fsp3) is 0.714. The summed E-state index contributed by atoms with van der Waals surface area (Å²) in [7, 11) is 0. The predicted molar refractivity (Wildman–Crippen MR) is 69.8 cm³/mol. The molecule has 0 heterocycles. The minimum absolute atomic E-state index is 0.147. The monoisotopic (exact) mass is 264 g/mol. The van der Waals surface area contributed by atoms with Gasteiger partial charge in [0.15, 0.2) is 5.75 Å². The van der Waals surface area contributed by atoms with Gasteiger partial charge in [0.05, 0.1) is 0 Å². The fourth-order valence-electron chi connectivity index (χ4n) is 4.83. The van der Waals surface area contributed by atoms with Crippen LogP contribution in [0.1, 0.15) is 38.5 Å². The van der Waals surface area contributed by atoms with Gasteiger partial charge in [-0.05, 0) is 56.3 Å². The van der Waals surface area contributed by atoms with Crippen molar-refractivity contribution in [3.63, 3.8) is 0 Å². The third kappa shape index (κ3) is 1.38. The van der Waals surface area contributed by atoms with Gasteiger partial charge in [-0.2, -0.15) is 0 Å². The van der Waals surface area contributed by atoms with Crippen molar-refractivity contribution >= 4 is 11.8 Å². The molecule has 0 unspecified atom stereocenters. The molecule has 5 rings (SSSR count). The van der Waals surface area contributed by atoms with E-state index in [4.69, 9.17) is 0 Å². The van der Waals surface area contributed by atoms with E-state index in [9.17, 15) is 14.7 Å². The number of rotatable bonds is 2. The molecule has 0 aliphatic heterocycles. The lowest BCUT2D eigenvalue weighted by atomic mass is 9.56. The molecule has 4 bridgehead atoms. The highest BCUT2D eigenvalue weighted by Gasteiger charge is 2.52. The van der Waals surface area contributed by atoms with Crippen LogP contribution in [0, 0.1) is 17.8 Å². The van der Waals surface area contributed by atoms with E-state index in [1.807, 2.05) is 0 Å². The molecule has 4 fully saturated rings. The van der Waals surface area contributed by atoms with Gasteiger partial charge in [-0.25, -0.2) is 0 Å². The Morgan fingerprint density at radius 3 is 1.89 bits per heavy atom. The number of aromatic hydroxyl groups is 1. The van der Waals surface area contributed by atoms with Gasteiger partial charge in [-0.1, -0.05) is 0 Å². The van der Waals surface area contributed by atoms with Crippen LogP contribution in [0.4, 0.5) is 0 Å². The minimum atomic E-state index is -0.692. The molecule has 0 spiro atoms. The zero-order valence-corrected chi connectivity index (χ0v) is 11.0. The largest absolute Gasteiger partial charge is 0.503 e. The van der Waals surface area contributed by atoms with Crippen LogP contribution in [0.15, 0.2) is 14.5 Å². The van der Waals surface area contributed by atoms with E-state index >= 15 is 0 Å². The first kappa shape index (κ1) is 11.1. The van der Waals surface area contributed by atoms with Crippen molar-refractivity contribution in [2.75, 3.05) is 0 Å². The quantitative estimate of drug-likeness (QED) is 0.831. The van der Waals surface area contributed by atoms with Crippen LogP contribution in [-0.4, -0.2) is 9.85 Å². The van der Waals surface area contributed by atoms with Gasteiger partial charge in [0.1, 0.15) is 4.90 Å². The molecule has 1 N–H and O–H groups in total. The van der Waals surface area contributed by atoms with E-state index in [0.29, 0.717) is 4.90 Å². The highest BCUT2D eigenvalue weighted by molar-refractivity contribution is 8.00. The van der Waals surface area contributed by atoms with E-state index in [1.165, 1.54) is 50.3 Å². The first-order valence-corrected chi connectivity index (χ1v) is 7.59. The maximum Gasteiger partial charge on any atom is 0.269 e. The number of hydrogen-bond donors (Lipinski definition) is 1. The van der Waals surface area contributed by atoms with Gasteiger partial charge in [0.2, 0.25) is 5.43 Å². The maximum atomic E-state index is 11.5. The zero-order chi connectivity index (χ0) is 12.5. The third-order valence-corrected chi connectivity index (χ3v) is 6.66. The molecule has 0 atom stereocenters. The Balaban J connectivity index is 1.65. The van der Waals surface area contributed by atoms with Gasteiger partial charge in [0.25, 0.3) is 5.43 Å². The summed E-state index contributed by atoms with van der Waals surface area (Å²) < 4.78 is 0.147. The van der Waals surface area contributed by atoms with Crippen molar-refractivity contribution in [2.24, 2.45) is 17.8 Å². The van der Waals surface area contributed by atoms with Crippen molar-refractivity contribution in [3.8, 4) is 5.75 Å². The van der Waals surface area contributed by atoms with E-state index in [2.05, 4.69) is 0 Å². The summed E-state index contributed by atoms with van der Waals surface area (Å²) in [6.45, 7) is 0. The lowest BCUT2D eigenvalue weighted by Crippen LogP contribution is -2.49. The first-order chi connectivity index (χ1) is 8.56. The second-order valence-corrected chi connectivity index (χ2v) is 8.02. The molecule has 4 heteroatoms. The number of hydrogen-bond acceptors (Lipinski definition) is 4. The SMILES string of the molecule is O=c1c(O)c(SC23CC4CC(CC(C4)C2)C3)c1=O. The van der Waals surface area contributed by atoms with Gasteiger partial charge < -0.3 is 5.11 Å². The van der Waals surface area contributed by atoms with Crippen LogP contribution in [-0.2, 0) is 0 Å². The third-order valence-electron chi connectivity index (χ3n) is 5.14. The van der Waals surface area contributed by atoms with Gasteiger partial charge in [0, 0.05) is 4.75 Å². The average molecular weight is 264 g/mol. The number of thioether (sulfide) groups is 1. The van der Waals surface area contributed by atoms with Crippen molar-refractivity contribution in [1.82, 2.24) is 0 Å². The van der Waals surface area contributed by atoms with Crippen LogP contribution in [0.2, 0.25) is 0 Å². The Hall–Kier alpha value is -0.770. The molecule has 0 amide bonds. The van der Waals surface area contributed by atoms with Gasteiger partial charge in [-0.15, -0.1) is 11.8 Å². The van der Waals surface area contributed by atoms with Crippen molar-refractivity contribution < 1.29 is 5.11 Å². The molecular weight excluding hydrogens is 248 g/mol. The summed E-state index contributed by atoms with van der Waals surface area (Å²) >= 11 is 1.52. The van der Waals surface area contributed by atoms with E-state index in [0.717, 1.165) is 17.8 Å². The summed E-state index contributed by atoms with van der Waals surface area (Å²) in [6, 6.07) is 0. The van der Waals surface area contributed by atoms with E-state index in [-0.39, 0.29) is 10.5 Å². The average Bonchev–Trinajstić information content (AvgIpc) is 2.33. The van der Waals surface area contributed by atoms with Crippen LogP contribution in [0.25, 0.3) is 0 Å². The molecule has 0 radical (unpaired) electrons. The molecule has 0 saturated heterocycles. The van der Waals surface area contributed by atoms with E-state index < -0.39 is 10.9 Å². The van der Waals surface area contributed by atoms with Crippen LogP contribution >= 0.6 is 11.8 Å². The molecule has 4 saturated carbocycles. The molecular formula is C14H16O3S. The Morgan fingerprint density at radius 1 is 0.944 bits per heavy atom. The van der Waals surface area contributed by atoms with Gasteiger partial charge >= 0.3 is 0 Å². The topological polar surface area (TPSA) is 54.4 Å². The molecule has 4 aliphatic carbocycles. The van der Waals surface area contributed by atoms with Crippen molar-refractivity contribution in [3.05, 3.63) is 20.4 Å². The zero-order valence-electron chi connectivity index (χ0n) is 10.1. The predicted octanol–water partition coefficient (Wildman–Crippen LogP) is 2.05. The lowest BCUT2D eigenvalue weighted by molar-refractivity contribution is 0.0382. The highest BCUT2D eigenvalue weighted by atomic mass is 32.2. The first-order valence-electron chi connectivity index (χ1n) is 6.77. The summed E-state index contributed by atoms with van der Waals surface area (Å²) in [5, 5.41) is 9.54. The summed E-state index contributed by atoms with van der Waals surface area (Å²) in [5.41, 5.74) is -1.16. The second kappa shape index (κ2) is 3.41. The summed E-state index contributed by atoms with van der Waals surface area (Å²) in [6.07, 6.45) is 7.58. The molecule has 1 aromatic rings. The van der Waals surface area contributed by atoms with Crippen LogP contribution in [0.3, 0.4) is 0 Å². The Morgan fingerprint density at radius 2 is 1.44 bits per heavy atom. The molecule has 96 valence electrons. The van der Waals surface area contributed by atoms with Crippen molar-refractivity contribution in [2.45, 2.75) is 48.2 Å². The maximum absolute atomic E-state index is 11.5. The van der Waals surface area contributed by atoms with Crippen LogP contribution in [0.5, 0.6) is 5.75 Å². The Bertz CT molecular complexity index is 547. The second-order valence-electron chi connectivity index (χ2n) is 6.54. The molecule has 18 heavy (non-hydrogen) atoms. The van der Waals surface area contributed by atoms with Crippen molar-refractivity contribution in [1.29, 1.82) is 0 Å².